The molecule has 0 bridgehead atoms. The van der Waals surface area contributed by atoms with Crippen LogP contribution in [0, 0.1) is 6.92 Å². The van der Waals surface area contributed by atoms with Gasteiger partial charge in [-0.3, -0.25) is 24.3 Å². The van der Waals surface area contributed by atoms with Crippen LogP contribution in [0.1, 0.15) is 12.2 Å². The summed E-state index contributed by atoms with van der Waals surface area (Å²) >= 11 is 0. The van der Waals surface area contributed by atoms with E-state index in [-0.39, 0.29) is 29.1 Å². The zero-order valence-electron chi connectivity index (χ0n) is 13.2. The third-order valence-corrected chi connectivity index (χ3v) is 4.47. The monoisotopic (exact) mass is 310 g/mol. The molecule has 0 spiro atoms. The predicted octanol–water partition coefficient (Wildman–Crippen LogP) is -1.96. The van der Waals surface area contributed by atoms with E-state index < -0.39 is 11.3 Å². The number of nitrogens with one attached hydrogen (secondary N) is 1. The van der Waals surface area contributed by atoms with Crippen molar-refractivity contribution in [2.75, 3.05) is 5.73 Å². The van der Waals surface area contributed by atoms with Crippen LogP contribution in [-0.2, 0) is 15.0 Å². The lowest BCUT2D eigenvalue weighted by Crippen LogP contribution is -2.60. The minimum absolute atomic E-state index is 0.234. The Morgan fingerprint density at radius 2 is 2.09 bits per heavy atom. The molecule has 7 nitrogen and oxygen atoms in total. The summed E-state index contributed by atoms with van der Waals surface area (Å²) in [7, 11) is 3.37. The molecule has 2 unspecified atom stereocenters. The fraction of sp³-hybridized carbons (Fsp3) is 0.286. The van der Waals surface area contributed by atoms with E-state index in [0.29, 0.717) is 17.0 Å². The number of nitrogens with zero attached hydrogens (tertiary/aromatic N) is 2. The lowest BCUT2D eigenvalue weighted by atomic mass is 9.63. The first-order valence-electron chi connectivity index (χ1n) is 7.39. The number of hydrogen-bond donors (Lipinski definition) is 2. The summed E-state index contributed by atoms with van der Waals surface area (Å²) in [6.45, 7) is 1.67. The molecule has 1 saturated heterocycles. The number of aryl methyl sites for hydroxylation is 1. The Morgan fingerprint density at radius 3 is 2.78 bits per heavy atom. The smallest absolute Gasteiger partial charge is 0.263 e. The molecule has 2 atom stereocenters. The Labute approximate surface area is 134 Å². The topological polar surface area (TPSA) is 107 Å². The van der Waals surface area contributed by atoms with Crippen LogP contribution in [-0.4, -0.2) is 37.1 Å². The third-order valence-electron chi connectivity index (χ3n) is 4.47. The quantitative estimate of drug-likeness (QED) is 0.361. The van der Waals surface area contributed by atoms with Crippen LogP contribution >= 0.6 is 0 Å². The van der Waals surface area contributed by atoms with E-state index >= 15 is 0 Å². The normalized spacial score (nSPS) is 24.7. The zero-order chi connectivity index (χ0) is 16.9. The van der Waals surface area contributed by atoms with Crippen molar-refractivity contribution >= 4 is 44.1 Å². The van der Waals surface area contributed by atoms with Gasteiger partial charge in [0.1, 0.15) is 21.5 Å². The molecular weight excluding hydrogens is 294 g/mol. The highest BCUT2D eigenvalue weighted by Gasteiger charge is 2.44. The van der Waals surface area contributed by atoms with E-state index in [0.717, 1.165) is 0 Å². The first-order chi connectivity index (χ1) is 10.8. The summed E-state index contributed by atoms with van der Waals surface area (Å²) < 4.78 is 1.35. The van der Waals surface area contributed by atoms with E-state index in [1.165, 1.54) is 4.57 Å². The van der Waals surface area contributed by atoms with Crippen molar-refractivity contribution in [1.29, 1.82) is 0 Å². The number of hydrogen-bond acceptors (Lipinski definition) is 5. The number of carbonyl (C=O) groups is 2. The Balaban J connectivity index is 2.32. The number of nitrogens with two attached hydrogens (primary N) is 1. The largest absolute Gasteiger partial charge is 0.398 e. The third kappa shape index (κ3) is 2.15. The van der Waals surface area contributed by atoms with E-state index in [4.69, 9.17) is 5.73 Å². The van der Waals surface area contributed by atoms with Crippen LogP contribution in [0.3, 0.4) is 0 Å². The number of nitrogen functional groups attached to an aromatic ring is 1. The summed E-state index contributed by atoms with van der Waals surface area (Å²) in [5.41, 5.74) is 5.18. The number of rotatable bonds is 1. The van der Waals surface area contributed by atoms with Crippen LogP contribution in [0.4, 0.5) is 5.69 Å². The van der Waals surface area contributed by atoms with Crippen LogP contribution in [0.25, 0.3) is 10.9 Å². The van der Waals surface area contributed by atoms with Crippen LogP contribution in [0.15, 0.2) is 23.0 Å². The highest BCUT2D eigenvalue weighted by molar-refractivity contribution is 6.34. The van der Waals surface area contributed by atoms with Gasteiger partial charge in [-0.1, -0.05) is 6.07 Å². The molecule has 0 aliphatic carbocycles. The molecule has 23 heavy (non-hydrogen) atoms. The van der Waals surface area contributed by atoms with Gasteiger partial charge >= 0.3 is 0 Å². The fourth-order valence-electron chi connectivity index (χ4n) is 3.29. The second-order valence-corrected chi connectivity index (χ2v) is 6.24. The zero-order valence-corrected chi connectivity index (χ0v) is 13.2. The molecule has 2 heterocycles. The van der Waals surface area contributed by atoms with Crippen LogP contribution in [0.5, 0.6) is 0 Å². The Morgan fingerprint density at radius 1 is 1.39 bits per heavy atom. The van der Waals surface area contributed by atoms with Crippen molar-refractivity contribution in [2.24, 2.45) is 0 Å². The van der Waals surface area contributed by atoms with E-state index in [9.17, 15) is 14.4 Å². The van der Waals surface area contributed by atoms with Gasteiger partial charge in [0.25, 0.3) is 5.56 Å². The summed E-state index contributed by atoms with van der Waals surface area (Å²) in [4.78, 5) is 41.6. The molecule has 9 heteroatoms. The van der Waals surface area contributed by atoms with Gasteiger partial charge in [0.15, 0.2) is 0 Å². The molecule has 1 fully saturated rings. The standard InChI is InChI=1S/C14H16B2N4O3/c1-6-18-9-4-2-3-8(17)10(9)12(22)20(6)14(16)5-7(15)11(21)19-13(14)23/h2-4,7H,5,15-17H2,1H3,(H,19,21,23). The van der Waals surface area contributed by atoms with Gasteiger partial charge in [0.05, 0.1) is 16.3 Å². The van der Waals surface area contributed by atoms with Crippen LogP contribution < -0.4 is 16.6 Å². The summed E-state index contributed by atoms with van der Waals surface area (Å²) in [5, 5.41) is 2.63. The van der Waals surface area contributed by atoms with Crippen molar-refractivity contribution in [1.82, 2.24) is 14.9 Å². The van der Waals surface area contributed by atoms with Crippen molar-refractivity contribution in [2.45, 2.75) is 24.6 Å². The lowest BCUT2D eigenvalue weighted by Gasteiger charge is -2.37. The van der Waals surface area contributed by atoms with E-state index in [1.54, 1.807) is 40.8 Å². The van der Waals surface area contributed by atoms with Gasteiger partial charge in [-0.05, 0) is 25.5 Å². The number of amides is 2. The molecule has 2 amide bonds. The summed E-state index contributed by atoms with van der Waals surface area (Å²) in [6.07, 6.45) is 0.234. The molecule has 1 aliphatic rings. The Kier molecular flexibility index (Phi) is 3.31. The summed E-state index contributed by atoms with van der Waals surface area (Å²) in [5.74, 6) is -0.798. The number of imide groups is 1. The van der Waals surface area contributed by atoms with Crippen molar-refractivity contribution in [3.63, 3.8) is 0 Å². The minimum atomic E-state index is -1.18. The number of benzene rings is 1. The number of piperidine rings is 1. The SMILES string of the molecule is BC1CC(B)(n2c(C)nc3cccc(N)c3c2=O)C(=O)NC1=O. The molecule has 2 aromatic rings. The second-order valence-electron chi connectivity index (χ2n) is 6.24. The number of carbonyl (C=O) groups excluding carboxylic acids is 2. The van der Waals surface area contributed by atoms with Gasteiger partial charge in [0.2, 0.25) is 11.8 Å². The fourth-order valence-corrected chi connectivity index (χ4v) is 3.29. The minimum Gasteiger partial charge on any atom is -0.398 e. The molecule has 116 valence electrons. The van der Waals surface area contributed by atoms with Gasteiger partial charge in [-0.25, -0.2) is 4.98 Å². The molecule has 1 aromatic heterocycles. The van der Waals surface area contributed by atoms with Gasteiger partial charge in [-0.2, -0.15) is 0 Å². The Hall–Kier alpha value is -2.57. The maximum atomic E-state index is 13.0. The molecule has 3 rings (SSSR count). The van der Waals surface area contributed by atoms with Crippen molar-refractivity contribution < 1.29 is 9.59 Å². The molecule has 3 N–H and O–H groups in total. The van der Waals surface area contributed by atoms with Crippen molar-refractivity contribution in [3.8, 4) is 0 Å². The lowest BCUT2D eigenvalue weighted by molar-refractivity contribution is -0.137. The molecule has 1 aliphatic heterocycles. The highest BCUT2D eigenvalue weighted by Crippen LogP contribution is 2.29. The first-order valence-corrected chi connectivity index (χ1v) is 7.39. The van der Waals surface area contributed by atoms with Gasteiger partial charge in [0, 0.05) is 11.5 Å². The van der Waals surface area contributed by atoms with Crippen molar-refractivity contribution in [3.05, 3.63) is 34.4 Å². The second kappa shape index (κ2) is 4.97. The average molecular weight is 310 g/mol. The van der Waals surface area contributed by atoms with E-state index in [1.807, 2.05) is 0 Å². The maximum absolute atomic E-state index is 13.0. The van der Waals surface area contributed by atoms with Gasteiger partial charge in [-0.15, -0.1) is 0 Å². The highest BCUT2D eigenvalue weighted by atomic mass is 16.2. The predicted molar refractivity (Wildman–Crippen MR) is 91.7 cm³/mol. The number of anilines is 1. The van der Waals surface area contributed by atoms with E-state index in [2.05, 4.69) is 10.3 Å². The molecule has 0 radical (unpaired) electrons. The number of aromatic nitrogens is 2. The van der Waals surface area contributed by atoms with Gasteiger partial charge < -0.3 is 5.73 Å². The maximum Gasteiger partial charge on any atom is 0.263 e. The van der Waals surface area contributed by atoms with Crippen LogP contribution in [0.2, 0.25) is 5.82 Å². The molecular formula is C14H16B2N4O3. The summed E-state index contributed by atoms with van der Waals surface area (Å²) in [6, 6.07) is 5.06. The Bertz CT molecular complexity index is 911. The number of fused-ring (bicyclic) bond motifs is 1. The molecule has 1 aromatic carbocycles. The molecule has 0 saturated carbocycles. The first kappa shape index (κ1) is 15.3. The average Bonchev–Trinajstić information content (AvgIpc) is 2.45.